The van der Waals surface area contributed by atoms with E-state index in [4.69, 9.17) is 19.6 Å². The van der Waals surface area contributed by atoms with Crippen molar-refractivity contribution in [2.24, 2.45) is 0 Å². The fourth-order valence-corrected chi connectivity index (χ4v) is 6.16. The van der Waals surface area contributed by atoms with Crippen molar-refractivity contribution >= 4 is 25.3 Å². The summed E-state index contributed by atoms with van der Waals surface area (Å²) in [7, 11) is -15.5. The second-order valence-corrected chi connectivity index (χ2v) is 12.4. The molecule has 0 radical (unpaired) electrons. The highest BCUT2D eigenvalue weighted by atomic mass is 32.2. The minimum atomic E-state index is -5.34. The van der Waals surface area contributed by atoms with Crippen LogP contribution in [0.1, 0.15) is 84.0 Å². The van der Waals surface area contributed by atoms with Crippen molar-refractivity contribution in [1.82, 2.24) is 5.32 Å². The Morgan fingerprint density at radius 1 is 0.750 bits per heavy atom. The van der Waals surface area contributed by atoms with E-state index in [-0.39, 0.29) is 6.42 Å². The SMILES string of the molecule is CCCCCCCCCCCCCC(NC(P(=O)(O)O)P(=O)(O)O)S(=O)(=O)O. The molecule has 0 fully saturated rings. The molecule has 0 spiro atoms. The van der Waals surface area contributed by atoms with Gasteiger partial charge in [-0.3, -0.25) is 19.0 Å². The maximum absolute atomic E-state index is 11.4. The molecule has 0 aliphatic heterocycles. The molecule has 0 rings (SSSR count). The Labute approximate surface area is 167 Å². The minimum Gasteiger partial charge on any atom is -0.323 e. The molecule has 0 heterocycles. The van der Waals surface area contributed by atoms with Gasteiger partial charge in [0.15, 0.2) is 0 Å². The molecule has 0 amide bonds. The normalized spacial score (nSPS) is 14.5. The predicted octanol–water partition coefficient (Wildman–Crippen LogP) is 3.13. The number of rotatable bonds is 17. The van der Waals surface area contributed by atoms with Crippen LogP contribution in [0.15, 0.2) is 0 Å². The first-order chi connectivity index (χ1) is 12.8. The monoisotopic (exact) mass is 467 g/mol. The first kappa shape index (κ1) is 28.2. The Bertz CT molecular complexity index is 595. The van der Waals surface area contributed by atoms with E-state index in [2.05, 4.69) is 6.92 Å². The van der Waals surface area contributed by atoms with E-state index in [0.717, 1.165) is 25.7 Å². The highest BCUT2D eigenvalue weighted by Crippen LogP contribution is 2.58. The highest BCUT2D eigenvalue weighted by molar-refractivity contribution is 7.86. The quantitative estimate of drug-likeness (QED) is 0.106. The summed E-state index contributed by atoms with van der Waals surface area (Å²) in [6.07, 6.45) is 10.9. The Balaban J connectivity index is 4.33. The van der Waals surface area contributed by atoms with Crippen LogP contribution in [0.2, 0.25) is 0 Å². The van der Waals surface area contributed by atoms with E-state index < -0.39 is 36.2 Å². The smallest absolute Gasteiger partial charge is 0.323 e. The fraction of sp³-hybridized carbons (Fsp3) is 1.00. The lowest BCUT2D eigenvalue weighted by atomic mass is 10.1. The summed E-state index contributed by atoms with van der Waals surface area (Å²) in [5, 5.41) is -0.119. The van der Waals surface area contributed by atoms with Crippen LogP contribution >= 0.6 is 15.2 Å². The average Bonchev–Trinajstić information content (AvgIpc) is 2.51. The third-order valence-corrected chi connectivity index (χ3v) is 8.87. The van der Waals surface area contributed by atoms with E-state index in [1.165, 1.54) is 32.1 Å². The predicted molar refractivity (Wildman–Crippen MR) is 107 cm³/mol. The molecule has 1 atom stereocenters. The second-order valence-electron chi connectivity index (χ2n) is 7.05. The van der Waals surface area contributed by atoms with Crippen LogP contribution < -0.4 is 5.32 Å². The van der Waals surface area contributed by atoms with Crippen LogP contribution in [0.3, 0.4) is 0 Å². The van der Waals surface area contributed by atoms with Crippen molar-refractivity contribution in [3.05, 3.63) is 0 Å². The molecule has 10 nitrogen and oxygen atoms in total. The van der Waals surface area contributed by atoms with E-state index in [0.29, 0.717) is 12.8 Å². The second kappa shape index (κ2) is 13.5. The molecule has 0 aliphatic rings. The molecule has 0 aromatic carbocycles. The van der Waals surface area contributed by atoms with Crippen molar-refractivity contribution in [3.8, 4) is 0 Å². The molecular formula is C15H35NO9P2S. The zero-order chi connectivity index (χ0) is 21.8. The molecule has 0 bridgehead atoms. The Morgan fingerprint density at radius 3 is 1.43 bits per heavy atom. The lowest BCUT2D eigenvalue weighted by molar-refractivity contribution is 0.322. The standard InChI is InChI=1S/C15H35NO9P2S/c1-2-3-4-5-6-7-8-9-10-11-12-13-14(28(23,24)25)16-15(26(17,18)19)27(20,21)22/h14-16H,2-13H2,1H3,(H2,17,18,19)(H2,20,21,22)(H,23,24,25). The van der Waals surface area contributed by atoms with Gasteiger partial charge in [-0.2, -0.15) is 8.42 Å². The molecule has 0 aromatic heterocycles. The van der Waals surface area contributed by atoms with E-state index in [1.54, 1.807) is 5.32 Å². The average molecular weight is 467 g/mol. The van der Waals surface area contributed by atoms with Gasteiger partial charge in [-0.1, -0.05) is 77.6 Å². The molecule has 6 N–H and O–H groups in total. The molecule has 0 saturated heterocycles. The summed E-state index contributed by atoms with van der Waals surface area (Å²) in [4.78, 5) is 36.3. The van der Waals surface area contributed by atoms with Crippen LogP contribution in [0.4, 0.5) is 0 Å². The molecule has 0 aromatic rings. The topological polar surface area (TPSA) is 181 Å². The van der Waals surface area contributed by atoms with E-state index in [9.17, 15) is 22.1 Å². The van der Waals surface area contributed by atoms with Gasteiger partial charge in [-0.25, -0.2) is 0 Å². The van der Waals surface area contributed by atoms with Crippen molar-refractivity contribution in [3.63, 3.8) is 0 Å². The number of unbranched alkanes of at least 4 members (excludes halogenated alkanes) is 10. The molecular weight excluding hydrogens is 432 g/mol. The third kappa shape index (κ3) is 13.4. The van der Waals surface area contributed by atoms with Crippen LogP contribution in [0, 0.1) is 0 Å². The molecule has 0 aliphatic carbocycles. The fourth-order valence-electron chi connectivity index (χ4n) is 2.87. The number of hydrogen-bond donors (Lipinski definition) is 6. The van der Waals surface area contributed by atoms with Crippen molar-refractivity contribution in [1.29, 1.82) is 0 Å². The van der Waals surface area contributed by atoms with Gasteiger partial charge in [0.25, 0.3) is 10.1 Å². The van der Waals surface area contributed by atoms with Gasteiger partial charge < -0.3 is 19.6 Å². The van der Waals surface area contributed by atoms with Gasteiger partial charge in [-0.05, 0) is 6.42 Å². The molecule has 13 heteroatoms. The van der Waals surface area contributed by atoms with Gasteiger partial charge in [-0.15, -0.1) is 0 Å². The summed E-state index contributed by atoms with van der Waals surface area (Å²) in [6.45, 7) is 2.17. The van der Waals surface area contributed by atoms with E-state index in [1.807, 2.05) is 0 Å². The molecule has 1 unspecified atom stereocenters. The maximum atomic E-state index is 11.4. The summed E-state index contributed by atoms with van der Waals surface area (Å²) in [5.41, 5.74) is -2.68. The van der Waals surface area contributed by atoms with Gasteiger partial charge in [0.1, 0.15) is 5.37 Å². The van der Waals surface area contributed by atoms with Crippen molar-refractivity contribution in [2.75, 3.05) is 0 Å². The van der Waals surface area contributed by atoms with Crippen LogP contribution in [0.5, 0.6) is 0 Å². The Kier molecular flexibility index (Phi) is 13.6. The summed E-state index contributed by atoms with van der Waals surface area (Å²) >= 11 is 0. The third-order valence-electron chi connectivity index (χ3n) is 4.40. The van der Waals surface area contributed by atoms with Gasteiger partial charge >= 0.3 is 15.2 Å². The number of nitrogens with one attached hydrogen (secondary N) is 1. The van der Waals surface area contributed by atoms with Crippen LogP contribution in [0.25, 0.3) is 0 Å². The lowest BCUT2D eigenvalue weighted by Gasteiger charge is -2.25. The van der Waals surface area contributed by atoms with Gasteiger partial charge in [0, 0.05) is 0 Å². The van der Waals surface area contributed by atoms with Crippen molar-refractivity contribution < 1.29 is 41.7 Å². The molecule has 28 heavy (non-hydrogen) atoms. The van der Waals surface area contributed by atoms with E-state index >= 15 is 0 Å². The largest absolute Gasteiger partial charge is 0.354 e. The summed E-state index contributed by atoms with van der Waals surface area (Å²) in [5.74, 6) is 0. The van der Waals surface area contributed by atoms with Gasteiger partial charge in [0.05, 0.1) is 0 Å². The van der Waals surface area contributed by atoms with Crippen LogP contribution in [-0.4, -0.2) is 43.4 Å². The zero-order valence-corrected chi connectivity index (χ0v) is 18.9. The minimum absolute atomic E-state index is 0.216. The first-order valence-corrected chi connectivity index (χ1v) is 14.5. The molecule has 0 saturated carbocycles. The van der Waals surface area contributed by atoms with Crippen molar-refractivity contribution in [2.45, 2.75) is 94.9 Å². The molecule has 170 valence electrons. The number of hydrogen-bond acceptors (Lipinski definition) is 5. The lowest BCUT2D eigenvalue weighted by Crippen LogP contribution is -2.42. The highest BCUT2D eigenvalue weighted by Gasteiger charge is 2.46. The zero-order valence-electron chi connectivity index (χ0n) is 16.3. The summed E-state index contributed by atoms with van der Waals surface area (Å²) < 4.78 is 54.6. The van der Waals surface area contributed by atoms with Gasteiger partial charge in [0.2, 0.25) is 5.52 Å². The van der Waals surface area contributed by atoms with Crippen LogP contribution in [-0.2, 0) is 19.2 Å². The Morgan fingerprint density at radius 2 is 1.11 bits per heavy atom. The summed E-state index contributed by atoms with van der Waals surface area (Å²) in [6, 6.07) is 0. The maximum Gasteiger partial charge on any atom is 0.354 e. The Hall–Kier alpha value is 0.170. The first-order valence-electron chi connectivity index (χ1n) is 9.63.